The first-order valence-electron chi connectivity index (χ1n) is 9.73. The van der Waals surface area contributed by atoms with Crippen LogP contribution >= 0.6 is 11.3 Å². The van der Waals surface area contributed by atoms with Gasteiger partial charge in [-0.2, -0.15) is 0 Å². The number of para-hydroxylation sites is 3. The van der Waals surface area contributed by atoms with E-state index in [-0.39, 0.29) is 18.4 Å². The normalized spacial score (nSPS) is 12.4. The van der Waals surface area contributed by atoms with E-state index in [0.29, 0.717) is 16.6 Å². The Hall–Kier alpha value is -3.91. The summed E-state index contributed by atoms with van der Waals surface area (Å²) in [5.74, 6) is -0.0354. The fourth-order valence-corrected chi connectivity index (χ4v) is 4.41. The first-order valence-corrected chi connectivity index (χ1v) is 10.5. The summed E-state index contributed by atoms with van der Waals surface area (Å²) in [6.45, 7) is -0.0128. The highest BCUT2D eigenvalue weighted by molar-refractivity contribution is 7.22. The van der Waals surface area contributed by atoms with Gasteiger partial charge in [-0.3, -0.25) is 20.4 Å². The van der Waals surface area contributed by atoms with E-state index < -0.39 is 5.92 Å². The van der Waals surface area contributed by atoms with Gasteiger partial charge in [0, 0.05) is 11.1 Å². The summed E-state index contributed by atoms with van der Waals surface area (Å²) >= 11 is 1.47. The molecular weight excluding hydrogens is 412 g/mol. The molecule has 4 aromatic rings. The second-order valence-electron chi connectivity index (χ2n) is 6.99. The summed E-state index contributed by atoms with van der Waals surface area (Å²) in [4.78, 5) is 29.7. The Morgan fingerprint density at radius 2 is 1.52 bits per heavy atom. The van der Waals surface area contributed by atoms with Crippen LogP contribution in [0, 0.1) is 0 Å². The van der Waals surface area contributed by atoms with Gasteiger partial charge in [0.25, 0.3) is 11.8 Å². The molecule has 3 N–H and O–H groups in total. The molecule has 0 fully saturated rings. The average Bonchev–Trinajstić information content (AvgIpc) is 3.22. The summed E-state index contributed by atoms with van der Waals surface area (Å²) < 4.78 is 6.95. The predicted molar refractivity (Wildman–Crippen MR) is 119 cm³/mol. The van der Waals surface area contributed by atoms with Crippen LogP contribution in [0.25, 0.3) is 10.2 Å². The van der Waals surface area contributed by atoms with Gasteiger partial charge in [-0.15, -0.1) is 0 Å². The second-order valence-corrected chi connectivity index (χ2v) is 8.02. The molecule has 0 aliphatic carbocycles. The number of carbonyl (C=O) groups is 2. The lowest BCUT2D eigenvalue weighted by Gasteiger charge is -2.27. The molecule has 5 rings (SSSR count). The maximum atomic E-state index is 13.0. The number of nitrogens with zero attached hydrogens (tertiary/aromatic N) is 1. The van der Waals surface area contributed by atoms with Gasteiger partial charge in [0.05, 0.1) is 22.7 Å². The summed E-state index contributed by atoms with van der Waals surface area (Å²) in [5, 5.41) is 3.64. The number of anilines is 1. The number of hydrazine groups is 1. The van der Waals surface area contributed by atoms with Crippen LogP contribution in [0.2, 0.25) is 0 Å². The molecule has 0 atom stereocenters. The number of nitrogens with one attached hydrogen (secondary N) is 3. The number of hydrogen-bond acceptors (Lipinski definition) is 6. The number of ether oxygens (including phenoxy) is 1. The number of aromatic nitrogens is 1. The van der Waals surface area contributed by atoms with E-state index in [4.69, 9.17) is 4.74 Å². The first-order chi connectivity index (χ1) is 15.2. The summed E-state index contributed by atoms with van der Waals surface area (Å²) in [6.07, 6.45) is 0. The molecule has 1 aromatic heterocycles. The Bertz CT molecular complexity index is 1210. The molecule has 0 spiro atoms. The molecule has 154 valence electrons. The Balaban J connectivity index is 1.25. The van der Waals surface area contributed by atoms with Gasteiger partial charge < -0.3 is 10.1 Å². The maximum Gasteiger partial charge on any atom is 0.257 e. The Labute approximate surface area is 182 Å². The van der Waals surface area contributed by atoms with Crippen molar-refractivity contribution in [2.24, 2.45) is 0 Å². The van der Waals surface area contributed by atoms with E-state index in [2.05, 4.69) is 21.2 Å². The lowest BCUT2D eigenvalue weighted by atomic mass is 9.87. The van der Waals surface area contributed by atoms with Crippen molar-refractivity contribution >= 4 is 38.5 Å². The molecule has 2 amide bonds. The SMILES string of the molecule is O=C(CNc1nc2ccccc2s1)NNC(=O)C1c2ccccc2Oc2ccccc21. The molecule has 0 radical (unpaired) electrons. The molecule has 3 aromatic carbocycles. The lowest BCUT2D eigenvalue weighted by Crippen LogP contribution is -2.46. The van der Waals surface area contributed by atoms with Crippen molar-refractivity contribution in [3.05, 3.63) is 83.9 Å². The van der Waals surface area contributed by atoms with Gasteiger partial charge in [-0.05, 0) is 24.3 Å². The van der Waals surface area contributed by atoms with E-state index >= 15 is 0 Å². The van der Waals surface area contributed by atoms with Crippen LogP contribution < -0.4 is 20.9 Å². The van der Waals surface area contributed by atoms with Gasteiger partial charge >= 0.3 is 0 Å². The van der Waals surface area contributed by atoms with Crippen molar-refractivity contribution in [1.82, 2.24) is 15.8 Å². The van der Waals surface area contributed by atoms with Crippen LogP contribution in [0.4, 0.5) is 5.13 Å². The van der Waals surface area contributed by atoms with Crippen LogP contribution in [-0.4, -0.2) is 23.3 Å². The van der Waals surface area contributed by atoms with Crippen molar-refractivity contribution < 1.29 is 14.3 Å². The number of rotatable bonds is 4. The van der Waals surface area contributed by atoms with Crippen molar-refractivity contribution in [2.45, 2.75) is 5.92 Å². The third kappa shape index (κ3) is 3.80. The molecule has 0 bridgehead atoms. The monoisotopic (exact) mass is 430 g/mol. The number of benzene rings is 3. The second kappa shape index (κ2) is 8.08. The fraction of sp³-hybridized carbons (Fsp3) is 0.0870. The highest BCUT2D eigenvalue weighted by Gasteiger charge is 2.32. The van der Waals surface area contributed by atoms with Crippen molar-refractivity contribution in [1.29, 1.82) is 0 Å². The van der Waals surface area contributed by atoms with E-state index in [9.17, 15) is 9.59 Å². The fourth-order valence-electron chi connectivity index (χ4n) is 3.54. The number of amides is 2. The summed E-state index contributed by atoms with van der Waals surface area (Å²) in [7, 11) is 0. The van der Waals surface area contributed by atoms with E-state index in [0.717, 1.165) is 21.3 Å². The number of hydrogen-bond donors (Lipinski definition) is 3. The predicted octanol–water partition coefficient (Wildman–Crippen LogP) is 3.79. The third-order valence-electron chi connectivity index (χ3n) is 4.96. The largest absolute Gasteiger partial charge is 0.457 e. The molecule has 31 heavy (non-hydrogen) atoms. The van der Waals surface area contributed by atoms with E-state index in [1.54, 1.807) is 0 Å². The minimum Gasteiger partial charge on any atom is -0.457 e. The molecule has 0 saturated heterocycles. The highest BCUT2D eigenvalue weighted by atomic mass is 32.1. The van der Waals surface area contributed by atoms with Gasteiger partial charge in [0.2, 0.25) is 0 Å². The number of carbonyl (C=O) groups excluding carboxylic acids is 2. The lowest BCUT2D eigenvalue weighted by molar-refractivity contribution is -0.128. The van der Waals surface area contributed by atoms with Crippen LogP contribution in [0.3, 0.4) is 0 Å². The smallest absolute Gasteiger partial charge is 0.257 e. The van der Waals surface area contributed by atoms with Gasteiger partial charge in [-0.1, -0.05) is 59.9 Å². The van der Waals surface area contributed by atoms with Crippen molar-refractivity contribution in [3.8, 4) is 11.5 Å². The molecular formula is C23H18N4O3S. The number of fused-ring (bicyclic) bond motifs is 3. The first kappa shape index (κ1) is 19.1. The van der Waals surface area contributed by atoms with Crippen molar-refractivity contribution in [3.63, 3.8) is 0 Å². The zero-order chi connectivity index (χ0) is 21.2. The zero-order valence-corrected chi connectivity index (χ0v) is 17.1. The van der Waals surface area contributed by atoms with Gasteiger partial charge in [-0.25, -0.2) is 4.98 Å². The molecule has 1 aliphatic rings. The summed E-state index contributed by atoms with van der Waals surface area (Å²) in [6, 6.07) is 22.5. The van der Waals surface area contributed by atoms with Crippen LogP contribution in [-0.2, 0) is 9.59 Å². The van der Waals surface area contributed by atoms with Gasteiger partial charge in [0.15, 0.2) is 5.13 Å². The van der Waals surface area contributed by atoms with Crippen LogP contribution in [0.15, 0.2) is 72.8 Å². The quantitative estimate of drug-likeness (QED) is 0.429. The number of thiazole rings is 1. The molecule has 2 heterocycles. The molecule has 1 aliphatic heterocycles. The summed E-state index contributed by atoms with van der Waals surface area (Å²) in [5.41, 5.74) is 7.40. The maximum absolute atomic E-state index is 13.0. The van der Waals surface area contributed by atoms with Crippen molar-refractivity contribution in [2.75, 3.05) is 11.9 Å². The minimum absolute atomic E-state index is 0.0128. The van der Waals surface area contributed by atoms with E-state index in [1.807, 2.05) is 72.8 Å². The third-order valence-corrected chi connectivity index (χ3v) is 5.96. The average molecular weight is 430 g/mol. The van der Waals surface area contributed by atoms with Gasteiger partial charge in [0.1, 0.15) is 11.5 Å². The minimum atomic E-state index is -0.585. The highest BCUT2D eigenvalue weighted by Crippen LogP contribution is 2.43. The van der Waals surface area contributed by atoms with Crippen LogP contribution in [0.5, 0.6) is 11.5 Å². The molecule has 0 saturated carbocycles. The Morgan fingerprint density at radius 3 is 2.23 bits per heavy atom. The standard InChI is InChI=1S/C23H18N4O3S/c28-20(13-24-23-25-16-9-3-6-12-19(16)31-23)26-27-22(29)21-14-7-1-4-10-17(14)30-18-11-5-2-8-15(18)21/h1-12,21H,13H2,(H,24,25)(H,26,28)(H,27,29). The molecule has 8 heteroatoms. The Morgan fingerprint density at radius 1 is 0.871 bits per heavy atom. The zero-order valence-electron chi connectivity index (χ0n) is 16.3. The Kier molecular flexibility index (Phi) is 4.97. The molecule has 7 nitrogen and oxygen atoms in total. The topological polar surface area (TPSA) is 92.4 Å². The van der Waals surface area contributed by atoms with E-state index in [1.165, 1.54) is 11.3 Å². The molecule has 0 unspecified atom stereocenters. The van der Waals surface area contributed by atoms with Crippen LogP contribution in [0.1, 0.15) is 17.0 Å².